The number of nitriles is 7. The van der Waals surface area contributed by atoms with Crippen LogP contribution in [-0.4, -0.2) is 0 Å². The third-order valence-electron chi connectivity index (χ3n) is 9.38. The summed E-state index contributed by atoms with van der Waals surface area (Å²) in [6.45, 7) is 8.34. The zero-order valence-electron chi connectivity index (χ0n) is 28.6. The van der Waals surface area contributed by atoms with Crippen LogP contribution in [0.2, 0.25) is 0 Å². The monoisotopic (exact) mass is 718 g/mol. The van der Waals surface area contributed by atoms with E-state index in [9.17, 15) is 36.8 Å². The summed E-state index contributed by atoms with van der Waals surface area (Å²) < 4.78 is 36.0. The molecule has 0 fully saturated rings. The number of hydrogen-bond acceptors (Lipinski definition) is 7. The Labute approximate surface area is 318 Å². The minimum absolute atomic E-state index is 0.00590. The van der Waals surface area contributed by atoms with Gasteiger partial charge in [0.05, 0.1) is 69.8 Å². The molecule has 0 heterocycles. The van der Waals surface area contributed by atoms with Crippen molar-refractivity contribution in [2.75, 3.05) is 0 Å². The Bertz CT molecular complexity index is 2830. The number of halogens is 2. The van der Waals surface area contributed by atoms with Gasteiger partial charge in [-0.15, -0.1) is 0 Å². The third-order valence-corrected chi connectivity index (χ3v) is 9.38. The Kier molecular flexibility index (Phi) is 8.88. The number of rotatable bonds is 4. The smallest absolute Gasteiger partial charge is 0.202 e. The number of nitrogens with zero attached hydrogens (tertiary/aromatic N) is 8. The fourth-order valence-electron chi connectivity index (χ4n) is 7.20. The maximum Gasteiger partial charge on any atom is 0.202 e. The molecule has 5 aromatic carbocycles. The Morgan fingerprint density at radius 1 is 0.482 bits per heavy atom. The molecule has 56 heavy (non-hydrogen) atoms. The largest absolute Gasteiger partial charge is 0.237 e. The molecule has 0 radical (unpaired) electrons. The molecule has 0 aliphatic heterocycles. The summed E-state index contributed by atoms with van der Waals surface area (Å²) in [5.41, 5.74) is -2.98. The summed E-state index contributed by atoms with van der Waals surface area (Å²) in [6, 6.07) is 38.1. The van der Waals surface area contributed by atoms with Gasteiger partial charge in [0.2, 0.25) is 5.70 Å². The van der Waals surface area contributed by atoms with E-state index in [1.165, 1.54) is 36.4 Å². The highest BCUT2D eigenvalue weighted by molar-refractivity contribution is 6.34. The molecule has 254 valence electrons. The lowest BCUT2D eigenvalue weighted by atomic mass is 9.86. The zero-order valence-corrected chi connectivity index (χ0v) is 28.6. The molecule has 0 amide bonds. The van der Waals surface area contributed by atoms with Gasteiger partial charge >= 0.3 is 0 Å². The maximum absolute atomic E-state index is 18.0. The first-order valence-corrected chi connectivity index (χ1v) is 16.4. The van der Waals surface area contributed by atoms with Crippen molar-refractivity contribution < 1.29 is 8.78 Å². The van der Waals surface area contributed by atoms with E-state index in [1.807, 2.05) is 36.4 Å². The van der Waals surface area contributed by atoms with Crippen LogP contribution in [0.5, 0.6) is 0 Å². The van der Waals surface area contributed by atoms with Gasteiger partial charge in [0.1, 0.15) is 29.8 Å². The van der Waals surface area contributed by atoms with E-state index in [0.717, 1.165) is 0 Å². The van der Waals surface area contributed by atoms with Crippen LogP contribution in [0.3, 0.4) is 0 Å². The molecule has 0 aromatic heterocycles. The molecule has 0 N–H and O–H groups in total. The minimum atomic E-state index is -1.16. The van der Waals surface area contributed by atoms with Crippen molar-refractivity contribution in [1.29, 1.82) is 36.8 Å². The van der Waals surface area contributed by atoms with Crippen molar-refractivity contribution in [1.82, 2.24) is 0 Å². The van der Waals surface area contributed by atoms with E-state index in [1.54, 1.807) is 60.7 Å². The van der Waals surface area contributed by atoms with Gasteiger partial charge in [0, 0.05) is 39.0 Å². The van der Waals surface area contributed by atoms with E-state index in [4.69, 9.17) is 6.57 Å². The van der Waals surface area contributed by atoms with Crippen LogP contribution in [0.1, 0.15) is 66.8 Å². The lowest BCUT2D eigenvalue weighted by Gasteiger charge is -2.17. The van der Waals surface area contributed by atoms with Crippen LogP contribution >= 0.6 is 0 Å². The highest BCUT2D eigenvalue weighted by atomic mass is 19.1. The lowest BCUT2D eigenvalue weighted by Crippen LogP contribution is -2.05. The van der Waals surface area contributed by atoms with Crippen molar-refractivity contribution in [2.45, 2.75) is 0 Å². The van der Waals surface area contributed by atoms with Gasteiger partial charge in [-0.3, -0.25) is 0 Å². The van der Waals surface area contributed by atoms with Crippen LogP contribution in [-0.2, 0) is 0 Å². The summed E-state index contributed by atoms with van der Waals surface area (Å²) in [5, 5.41) is 71.3. The number of allylic oxidation sites excluding steroid dienone is 7. The number of benzene rings is 5. The quantitative estimate of drug-likeness (QED) is 0.131. The van der Waals surface area contributed by atoms with Gasteiger partial charge in [-0.1, -0.05) is 60.7 Å². The predicted octanol–water partition coefficient (Wildman–Crippen LogP) is 9.57. The Morgan fingerprint density at radius 2 is 0.875 bits per heavy atom. The van der Waals surface area contributed by atoms with E-state index in [2.05, 4.69) is 10.9 Å². The van der Waals surface area contributed by atoms with E-state index >= 15 is 8.78 Å². The molecule has 0 bridgehead atoms. The maximum atomic E-state index is 18.0. The summed E-state index contributed by atoms with van der Waals surface area (Å²) >= 11 is 0. The number of fused-ring (bicyclic) bond motifs is 2. The second kappa shape index (κ2) is 14.1. The first kappa shape index (κ1) is 35.3. The van der Waals surface area contributed by atoms with Crippen LogP contribution in [0.25, 0.3) is 49.6 Å². The molecule has 2 aliphatic rings. The first-order valence-electron chi connectivity index (χ1n) is 16.4. The molecular weight excluding hydrogens is 703 g/mol. The number of hydrogen-bond donors (Lipinski definition) is 0. The summed E-state index contributed by atoms with van der Waals surface area (Å²) in [4.78, 5) is 3.73. The van der Waals surface area contributed by atoms with E-state index in [-0.39, 0.29) is 78.1 Å². The third kappa shape index (κ3) is 5.36. The summed E-state index contributed by atoms with van der Waals surface area (Å²) in [6.07, 6.45) is 0. The van der Waals surface area contributed by atoms with Crippen molar-refractivity contribution in [2.24, 2.45) is 0 Å². The van der Waals surface area contributed by atoms with Gasteiger partial charge < -0.3 is 0 Å². The molecular formula is C46H16F2N8. The second-order valence-corrected chi connectivity index (χ2v) is 12.3. The van der Waals surface area contributed by atoms with Gasteiger partial charge in [0.25, 0.3) is 0 Å². The van der Waals surface area contributed by atoms with Crippen molar-refractivity contribution >= 4 is 44.7 Å². The highest BCUT2D eigenvalue weighted by Gasteiger charge is 2.44. The Morgan fingerprint density at radius 3 is 1.25 bits per heavy atom. The molecule has 0 saturated carbocycles. The molecule has 10 heteroatoms. The lowest BCUT2D eigenvalue weighted by molar-refractivity contribution is 0.590. The average molecular weight is 719 g/mol. The highest BCUT2D eigenvalue weighted by Crippen LogP contribution is 2.58. The van der Waals surface area contributed by atoms with Crippen molar-refractivity contribution in [3.8, 4) is 42.5 Å². The summed E-state index contributed by atoms with van der Waals surface area (Å²) in [5.74, 6) is -2.33. The molecule has 8 nitrogen and oxygen atoms in total. The normalized spacial score (nSPS) is 14.0. The predicted molar refractivity (Wildman–Crippen MR) is 202 cm³/mol. The van der Waals surface area contributed by atoms with E-state index in [0.29, 0.717) is 11.1 Å². The van der Waals surface area contributed by atoms with Crippen molar-refractivity contribution in [3.63, 3.8) is 0 Å². The SMILES string of the molecule is [C-]#[N+]/C(=C1/C(c2ccccc2)=C(C#N)c2c(F)c3c(c(F)c21)C(C#N)=C(c1ccccc1)/C3=C(/C#N)c1cc(C#N)cc(C#N)c1)c1cc(C#N)cc(C#N)c1. The van der Waals surface area contributed by atoms with Gasteiger partial charge in [-0.05, 0) is 64.2 Å². The minimum Gasteiger partial charge on any atom is -0.237 e. The fraction of sp³-hybridized carbons (Fsp3) is 0. The van der Waals surface area contributed by atoms with Gasteiger partial charge in [-0.2, -0.15) is 36.8 Å². The standard InChI is InChI=1S/C46H16F2N8/c1-56-46(32-16-27(20-51)13-28(17-32)21-52)43-37(30-10-6-3-7-11-30)35(24-55)40-42(43)45(48)39-34(23-54)36(29-8-4-2-5-9-29)38(41(39)44(40)47)33(22-53)31-14-25(18-49)12-26(15-31)19-50/h2-17H/b38-33+,46-43-. The molecule has 2 aliphatic carbocycles. The topological polar surface area (TPSA) is 171 Å². The molecule has 0 spiro atoms. The molecule has 0 atom stereocenters. The Balaban J connectivity index is 1.73. The average Bonchev–Trinajstić information content (AvgIpc) is 3.78. The van der Waals surface area contributed by atoms with Gasteiger partial charge in [-0.25, -0.2) is 13.6 Å². The molecule has 5 aromatic rings. The molecule has 7 rings (SSSR count). The van der Waals surface area contributed by atoms with E-state index < -0.39 is 33.9 Å². The zero-order chi connectivity index (χ0) is 39.7. The molecule has 0 unspecified atom stereocenters. The van der Waals surface area contributed by atoms with Crippen LogP contribution in [0, 0.1) is 97.5 Å². The fourth-order valence-corrected chi connectivity index (χ4v) is 7.20. The molecule has 0 saturated heterocycles. The summed E-state index contributed by atoms with van der Waals surface area (Å²) in [7, 11) is 0. The Hall–Kier alpha value is -9.16. The first-order chi connectivity index (χ1) is 27.3. The van der Waals surface area contributed by atoms with Crippen molar-refractivity contribution in [3.05, 3.63) is 187 Å². The van der Waals surface area contributed by atoms with Crippen LogP contribution < -0.4 is 0 Å². The van der Waals surface area contributed by atoms with Crippen LogP contribution in [0.4, 0.5) is 8.78 Å². The van der Waals surface area contributed by atoms with Crippen LogP contribution in [0.15, 0.2) is 97.1 Å². The van der Waals surface area contributed by atoms with Gasteiger partial charge in [0.15, 0.2) is 0 Å². The second-order valence-electron chi connectivity index (χ2n) is 12.3.